The Morgan fingerprint density at radius 3 is 2.53 bits per heavy atom. The summed E-state index contributed by atoms with van der Waals surface area (Å²) < 4.78 is 5.68. The van der Waals surface area contributed by atoms with Gasteiger partial charge in [0.2, 0.25) is 0 Å². The SMILES string of the molecule is COc1ccc(N(N)C(=O)c2csc(Br)n2)cc1.Cl. The van der Waals surface area contributed by atoms with E-state index >= 15 is 0 Å². The van der Waals surface area contributed by atoms with Gasteiger partial charge in [-0.1, -0.05) is 0 Å². The lowest BCUT2D eigenvalue weighted by Crippen LogP contribution is -2.37. The third-order valence-electron chi connectivity index (χ3n) is 2.26. The van der Waals surface area contributed by atoms with Crippen molar-refractivity contribution in [1.82, 2.24) is 4.98 Å². The first-order valence-corrected chi connectivity index (χ1v) is 6.63. The van der Waals surface area contributed by atoms with Gasteiger partial charge in [0.1, 0.15) is 11.4 Å². The van der Waals surface area contributed by atoms with E-state index in [1.807, 2.05) is 0 Å². The minimum absolute atomic E-state index is 0. The van der Waals surface area contributed by atoms with Gasteiger partial charge in [-0.2, -0.15) is 0 Å². The van der Waals surface area contributed by atoms with Crippen LogP contribution >= 0.6 is 39.7 Å². The van der Waals surface area contributed by atoms with Gasteiger partial charge >= 0.3 is 0 Å². The zero-order chi connectivity index (χ0) is 13.1. The lowest BCUT2D eigenvalue weighted by molar-refractivity contribution is 0.0982. The van der Waals surface area contributed by atoms with E-state index in [1.165, 1.54) is 11.3 Å². The van der Waals surface area contributed by atoms with E-state index in [-0.39, 0.29) is 18.3 Å². The molecule has 0 aliphatic rings. The molecule has 8 heteroatoms. The van der Waals surface area contributed by atoms with Crippen LogP contribution in [0.3, 0.4) is 0 Å². The summed E-state index contributed by atoms with van der Waals surface area (Å²) in [5, 5.41) is 2.71. The topological polar surface area (TPSA) is 68.5 Å². The Labute approximate surface area is 128 Å². The number of benzene rings is 1. The number of ether oxygens (including phenoxy) is 1. The molecule has 2 N–H and O–H groups in total. The van der Waals surface area contributed by atoms with E-state index < -0.39 is 0 Å². The van der Waals surface area contributed by atoms with Gasteiger partial charge in [0, 0.05) is 5.38 Å². The van der Waals surface area contributed by atoms with E-state index in [0.29, 0.717) is 21.0 Å². The number of thiazole rings is 1. The fourth-order valence-electron chi connectivity index (χ4n) is 1.33. The van der Waals surface area contributed by atoms with Crippen molar-refractivity contribution in [3.05, 3.63) is 39.3 Å². The maximum atomic E-state index is 12.0. The lowest BCUT2D eigenvalue weighted by atomic mass is 10.3. The number of hydrogen-bond donors (Lipinski definition) is 1. The molecule has 0 atom stereocenters. The van der Waals surface area contributed by atoms with E-state index in [1.54, 1.807) is 36.8 Å². The molecule has 1 aromatic carbocycles. The zero-order valence-electron chi connectivity index (χ0n) is 9.87. The quantitative estimate of drug-likeness (QED) is 0.516. The summed E-state index contributed by atoms with van der Waals surface area (Å²) in [5.41, 5.74) is 0.884. The Morgan fingerprint density at radius 1 is 1.42 bits per heavy atom. The van der Waals surface area contributed by atoms with Crippen LogP contribution in [0.5, 0.6) is 5.75 Å². The highest BCUT2D eigenvalue weighted by Crippen LogP contribution is 2.21. The van der Waals surface area contributed by atoms with E-state index in [0.717, 1.165) is 5.01 Å². The molecule has 0 aliphatic carbocycles. The number of aromatic nitrogens is 1. The number of nitrogens with two attached hydrogens (primary N) is 1. The highest BCUT2D eigenvalue weighted by molar-refractivity contribution is 9.11. The molecule has 2 aromatic rings. The highest BCUT2D eigenvalue weighted by atomic mass is 79.9. The summed E-state index contributed by atoms with van der Waals surface area (Å²) in [6.07, 6.45) is 0. The Hall–Kier alpha value is -1.15. The molecule has 1 aromatic heterocycles. The molecule has 0 saturated heterocycles. The molecule has 0 bridgehead atoms. The van der Waals surface area contributed by atoms with Crippen molar-refractivity contribution >= 4 is 51.3 Å². The van der Waals surface area contributed by atoms with Gasteiger partial charge in [-0.25, -0.2) is 15.8 Å². The monoisotopic (exact) mass is 363 g/mol. The number of hydrazine groups is 1. The van der Waals surface area contributed by atoms with Crippen molar-refractivity contribution in [2.24, 2.45) is 5.84 Å². The summed E-state index contributed by atoms with van der Waals surface area (Å²) >= 11 is 4.54. The van der Waals surface area contributed by atoms with Crippen LogP contribution < -0.4 is 15.6 Å². The molecule has 0 radical (unpaired) electrons. The second kappa shape index (κ2) is 6.85. The van der Waals surface area contributed by atoms with Crippen LogP contribution in [0.1, 0.15) is 10.5 Å². The van der Waals surface area contributed by atoms with Crippen LogP contribution in [-0.4, -0.2) is 18.0 Å². The van der Waals surface area contributed by atoms with Gasteiger partial charge < -0.3 is 4.74 Å². The Kier molecular flexibility index (Phi) is 5.74. The van der Waals surface area contributed by atoms with Crippen molar-refractivity contribution in [3.63, 3.8) is 0 Å². The molecular formula is C11H11BrClN3O2S. The lowest BCUT2D eigenvalue weighted by Gasteiger charge is -2.15. The molecular weight excluding hydrogens is 354 g/mol. The predicted octanol–water partition coefficient (Wildman–Crippen LogP) is 2.86. The molecule has 2 rings (SSSR count). The second-order valence-electron chi connectivity index (χ2n) is 3.36. The van der Waals surface area contributed by atoms with Crippen LogP contribution in [0.4, 0.5) is 5.69 Å². The summed E-state index contributed by atoms with van der Waals surface area (Å²) in [7, 11) is 1.58. The van der Waals surface area contributed by atoms with Crippen LogP contribution in [-0.2, 0) is 0 Å². The fourth-order valence-corrected chi connectivity index (χ4v) is 2.32. The molecule has 0 saturated carbocycles. The third-order valence-corrected chi connectivity index (χ3v) is 3.63. The number of anilines is 1. The molecule has 19 heavy (non-hydrogen) atoms. The highest BCUT2D eigenvalue weighted by Gasteiger charge is 2.17. The first kappa shape index (κ1) is 15.9. The average Bonchev–Trinajstić information content (AvgIpc) is 2.84. The molecule has 0 unspecified atom stereocenters. The number of halogens is 2. The van der Waals surface area contributed by atoms with Crippen molar-refractivity contribution in [2.45, 2.75) is 0 Å². The maximum Gasteiger partial charge on any atom is 0.291 e. The zero-order valence-corrected chi connectivity index (χ0v) is 13.1. The number of amides is 1. The van der Waals surface area contributed by atoms with Gasteiger partial charge in [-0.3, -0.25) is 4.79 Å². The minimum Gasteiger partial charge on any atom is -0.497 e. The summed E-state index contributed by atoms with van der Waals surface area (Å²) in [5.74, 6) is 6.11. The normalized spacial score (nSPS) is 9.63. The number of carbonyl (C=O) groups is 1. The van der Waals surface area contributed by atoms with Crippen molar-refractivity contribution in [1.29, 1.82) is 0 Å². The molecule has 1 amide bonds. The molecule has 102 valence electrons. The van der Waals surface area contributed by atoms with Crippen LogP contribution in [0.15, 0.2) is 33.6 Å². The van der Waals surface area contributed by atoms with Crippen molar-refractivity contribution in [3.8, 4) is 5.75 Å². The first-order valence-electron chi connectivity index (χ1n) is 4.96. The predicted molar refractivity (Wildman–Crippen MR) is 81.1 cm³/mol. The minimum atomic E-state index is -0.359. The van der Waals surface area contributed by atoms with Crippen LogP contribution in [0.2, 0.25) is 0 Å². The third kappa shape index (κ3) is 3.66. The van der Waals surface area contributed by atoms with Gasteiger partial charge in [0.25, 0.3) is 5.91 Å². The Balaban J connectivity index is 0.00000180. The van der Waals surface area contributed by atoms with Gasteiger partial charge in [-0.05, 0) is 40.2 Å². The number of hydrogen-bond acceptors (Lipinski definition) is 5. The number of rotatable bonds is 3. The Bertz CT molecular complexity index is 561. The average molecular weight is 365 g/mol. The largest absolute Gasteiger partial charge is 0.497 e. The van der Waals surface area contributed by atoms with Crippen LogP contribution in [0.25, 0.3) is 0 Å². The summed E-state index contributed by atoms with van der Waals surface area (Å²) in [6, 6.07) is 6.88. The maximum absolute atomic E-state index is 12.0. The van der Waals surface area contributed by atoms with E-state index in [9.17, 15) is 4.79 Å². The first-order chi connectivity index (χ1) is 8.61. The van der Waals surface area contributed by atoms with Gasteiger partial charge in [0.05, 0.1) is 12.8 Å². The molecule has 0 fully saturated rings. The molecule has 5 nitrogen and oxygen atoms in total. The number of nitrogens with zero attached hydrogens (tertiary/aromatic N) is 2. The molecule has 1 heterocycles. The van der Waals surface area contributed by atoms with Gasteiger partial charge in [-0.15, -0.1) is 23.7 Å². The fraction of sp³-hybridized carbons (Fsp3) is 0.0909. The van der Waals surface area contributed by atoms with E-state index in [2.05, 4.69) is 20.9 Å². The molecule has 0 spiro atoms. The number of methoxy groups -OCH3 is 1. The second-order valence-corrected chi connectivity index (χ2v) is 5.49. The smallest absolute Gasteiger partial charge is 0.291 e. The Morgan fingerprint density at radius 2 is 2.05 bits per heavy atom. The summed E-state index contributed by atoms with van der Waals surface area (Å²) in [4.78, 5) is 16.0. The summed E-state index contributed by atoms with van der Waals surface area (Å²) in [6.45, 7) is 0. The van der Waals surface area contributed by atoms with Crippen LogP contribution in [0, 0.1) is 0 Å². The number of carbonyl (C=O) groups excluding carboxylic acids is 1. The molecule has 0 aliphatic heterocycles. The van der Waals surface area contributed by atoms with Crippen molar-refractivity contribution in [2.75, 3.05) is 12.1 Å². The van der Waals surface area contributed by atoms with Crippen molar-refractivity contribution < 1.29 is 9.53 Å². The standard InChI is InChI=1S/C11H10BrN3O2S.ClH/c1-17-8-4-2-7(3-5-8)15(13)10(16)9-6-18-11(12)14-9;/h2-6H,13H2,1H3;1H. The van der Waals surface area contributed by atoms with Gasteiger partial charge in [0.15, 0.2) is 3.92 Å². The van der Waals surface area contributed by atoms with E-state index in [4.69, 9.17) is 10.6 Å².